The van der Waals surface area contributed by atoms with E-state index >= 15 is 0 Å². The molecular weight excluding hydrogens is 522 g/mol. The number of amides is 1. The van der Waals surface area contributed by atoms with Crippen molar-refractivity contribution >= 4 is 45.2 Å². The first-order valence-electron chi connectivity index (χ1n) is 10.1. The summed E-state index contributed by atoms with van der Waals surface area (Å²) in [7, 11) is 0. The van der Waals surface area contributed by atoms with Gasteiger partial charge in [-0.15, -0.1) is 0 Å². The van der Waals surface area contributed by atoms with Crippen LogP contribution < -0.4 is 10.1 Å². The summed E-state index contributed by atoms with van der Waals surface area (Å²) in [6, 6.07) is 20.4. The average molecular weight is 541 g/mol. The van der Waals surface area contributed by atoms with Crippen LogP contribution in [0.15, 0.2) is 76.8 Å². The highest BCUT2D eigenvalue weighted by Crippen LogP contribution is 2.36. The van der Waals surface area contributed by atoms with Crippen molar-refractivity contribution in [3.05, 3.63) is 109 Å². The van der Waals surface area contributed by atoms with E-state index in [0.29, 0.717) is 15.8 Å². The number of ether oxygens (including phenoxy) is 1. The molecule has 3 aromatic carbocycles. The number of hydrogen-bond donors (Lipinski definition) is 1. The summed E-state index contributed by atoms with van der Waals surface area (Å²) in [4.78, 5) is 22.9. The first-order chi connectivity index (χ1) is 16.3. The van der Waals surface area contributed by atoms with Crippen LogP contribution in [0.3, 0.4) is 0 Å². The van der Waals surface area contributed by atoms with E-state index < -0.39 is 10.8 Å². The van der Waals surface area contributed by atoms with E-state index in [9.17, 15) is 20.2 Å². The predicted molar refractivity (Wildman–Crippen MR) is 133 cm³/mol. The lowest BCUT2D eigenvalue weighted by Gasteiger charge is -2.14. The number of carbonyl (C=O) groups excluding carboxylic acids is 1. The monoisotopic (exact) mass is 539 g/mol. The Morgan fingerprint density at radius 3 is 2.50 bits per heavy atom. The molecule has 1 atom stereocenters. The highest BCUT2D eigenvalue weighted by molar-refractivity contribution is 9.10. The molecule has 34 heavy (non-hydrogen) atoms. The zero-order valence-corrected chi connectivity index (χ0v) is 20.3. The lowest BCUT2D eigenvalue weighted by atomic mass is 10.1. The van der Waals surface area contributed by atoms with Crippen molar-refractivity contribution in [2.75, 3.05) is 0 Å². The molecule has 3 rings (SSSR count). The molecule has 7 nitrogen and oxygen atoms in total. The molecule has 9 heteroatoms. The second kappa shape index (κ2) is 11.5. The normalized spacial score (nSPS) is 11.9. The molecule has 0 heterocycles. The molecular formula is C25H19BrClN3O4. The lowest BCUT2D eigenvalue weighted by molar-refractivity contribution is -0.384. The first kappa shape index (κ1) is 25.0. The highest BCUT2D eigenvalue weighted by atomic mass is 79.9. The van der Waals surface area contributed by atoms with Gasteiger partial charge >= 0.3 is 0 Å². The molecule has 0 aliphatic heterocycles. The van der Waals surface area contributed by atoms with Gasteiger partial charge in [0, 0.05) is 12.1 Å². The number of nitriles is 1. The number of carbonyl (C=O) groups is 1. The molecule has 0 aliphatic rings. The minimum atomic E-state index is -0.496. The Hall–Kier alpha value is -3.67. The van der Waals surface area contributed by atoms with Crippen molar-refractivity contribution in [3.63, 3.8) is 0 Å². The molecule has 0 fully saturated rings. The van der Waals surface area contributed by atoms with Gasteiger partial charge in [0.15, 0.2) is 5.75 Å². The molecule has 1 amide bonds. The maximum absolute atomic E-state index is 12.6. The number of nitrogens with zero attached hydrogens (tertiary/aromatic N) is 2. The second-order valence-corrected chi connectivity index (χ2v) is 8.56. The third-order valence-electron chi connectivity index (χ3n) is 4.87. The summed E-state index contributed by atoms with van der Waals surface area (Å²) in [6.45, 7) is 1.99. The largest absolute Gasteiger partial charge is 0.486 e. The fraction of sp³-hybridized carbons (Fsp3) is 0.120. The molecule has 0 saturated carbocycles. The van der Waals surface area contributed by atoms with E-state index in [1.54, 1.807) is 24.3 Å². The zero-order chi connectivity index (χ0) is 24.7. The number of halogens is 2. The van der Waals surface area contributed by atoms with Gasteiger partial charge < -0.3 is 10.1 Å². The van der Waals surface area contributed by atoms with Crippen LogP contribution in [0.25, 0.3) is 6.08 Å². The standard InChI is InChI=1S/C25H19BrClN3O4/c1-16(19-5-3-2-4-6-19)29-25(31)20(14-28)11-18-12-22(26)24(23(27)13-18)34-15-17-7-9-21(10-8-17)30(32)33/h2-13,16H,15H2,1H3,(H,29,31)/b20-11-/t16-/m0/s1. The molecule has 3 aromatic rings. The van der Waals surface area contributed by atoms with Crippen LogP contribution in [0.5, 0.6) is 5.75 Å². The molecule has 0 radical (unpaired) electrons. The Labute approximate surface area is 209 Å². The number of nitro groups is 1. The van der Waals surface area contributed by atoms with E-state index in [0.717, 1.165) is 11.1 Å². The van der Waals surface area contributed by atoms with Crippen molar-refractivity contribution in [1.82, 2.24) is 5.32 Å². The average Bonchev–Trinajstić information content (AvgIpc) is 2.82. The van der Waals surface area contributed by atoms with Gasteiger partial charge in [-0.1, -0.05) is 41.9 Å². The maximum Gasteiger partial charge on any atom is 0.269 e. The molecule has 0 saturated heterocycles. The minimum absolute atomic E-state index is 0.00500. The number of non-ortho nitro benzene ring substituents is 1. The van der Waals surface area contributed by atoms with Crippen molar-refractivity contribution < 1.29 is 14.5 Å². The fourth-order valence-electron chi connectivity index (χ4n) is 3.08. The van der Waals surface area contributed by atoms with Crippen LogP contribution in [0.1, 0.15) is 29.7 Å². The van der Waals surface area contributed by atoms with E-state index in [-0.39, 0.29) is 28.9 Å². The number of hydrogen-bond acceptors (Lipinski definition) is 5. The van der Waals surface area contributed by atoms with E-state index in [1.165, 1.54) is 18.2 Å². The molecule has 0 aromatic heterocycles. The van der Waals surface area contributed by atoms with Gasteiger partial charge in [0.2, 0.25) is 0 Å². The Balaban J connectivity index is 1.72. The van der Waals surface area contributed by atoms with Gasteiger partial charge in [0.05, 0.1) is 20.5 Å². The Morgan fingerprint density at radius 2 is 1.91 bits per heavy atom. The van der Waals surface area contributed by atoms with Gasteiger partial charge in [-0.2, -0.15) is 5.26 Å². The topological polar surface area (TPSA) is 105 Å². The smallest absolute Gasteiger partial charge is 0.269 e. The summed E-state index contributed by atoms with van der Waals surface area (Å²) in [5.41, 5.74) is 2.13. The minimum Gasteiger partial charge on any atom is -0.486 e. The second-order valence-electron chi connectivity index (χ2n) is 7.30. The predicted octanol–water partition coefficient (Wildman–Crippen LogP) is 6.37. The quantitative estimate of drug-likeness (QED) is 0.155. The summed E-state index contributed by atoms with van der Waals surface area (Å²) in [5, 5.41) is 23.4. The molecule has 1 N–H and O–H groups in total. The summed E-state index contributed by atoms with van der Waals surface area (Å²) < 4.78 is 6.31. The molecule has 0 bridgehead atoms. The van der Waals surface area contributed by atoms with Crippen molar-refractivity contribution in [3.8, 4) is 11.8 Å². The van der Waals surface area contributed by atoms with Crippen molar-refractivity contribution in [2.24, 2.45) is 0 Å². The number of nitrogens with one attached hydrogen (secondary N) is 1. The van der Waals surface area contributed by atoms with Crippen LogP contribution in [0.4, 0.5) is 5.69 Å². The molecule has 0 spiro atoms. The molecule has 0 unspecified atom stereocenters. The summed E-state index contributed by atoms with van der Waals surface area (Å²) in [5.74, 6) is -0.123. The van der Waals surface area contributed by atoms with Crippen molar-refractivity contribution in [2.45, 2.75) is 19.6 Å². The van der Waals surface area contributed by atoms with Crippen LogP contribution >= 0.6 is 27.5 Å². The van der Waals surface area contributed by atoms with Gasteiger partial charge in [0.1, 0.15) is 18.2 Å². The number of nitro benzene ring substituents is 1. The Kier molecular flexibility index (Phi) is 8.41. The van der Waals surface area contributed by atoms with Gasteiger partial charge in [-0.3, -0.25) is 14.9 Å². The third-order valence-corrected chi connectivity index (χ3v) is 5.74. The lowest BCUT2D eigenvalue weighted by Crippen LogP contribution is -2.27. The van der Waals surface area contributed by atoms with E-state index in [4.69, 9.17) is 16.3 Å². The van der Waals surface area contributed by atoms with Gasteiger partial charge in [-0.05, 0) is 69.9 Å². The van der Waals surface area contributed by atoms with Crippen LogP contribution in [0, 0.1) is 21.4 Å². The molecule has 172 valence electrons. The molecule has 0 aliphatic carbocycles. The number of benzene rings is 3. The number of rotatable bonds is 8. The summed E-state index contributed by atoms with van der Waals surface area (Å²) in [6.07, 6.45) is 1.45. The van der Waals surface area contributed by atoms with Crippen LogP contribution in [-0.4, -0.2) is 10.8 Å². The maximum atomic E-state index is 12.6. The highest BCUT2D eigenvalue weighted by Gasteiger charge is 2.15. The Bertz CT molecular complexity index is 1250. The van der Waals surface area contributed by atoms with Crippen molar-refractivity contribution in [1.29, 1.82) is 5.26 Å². The van der Waals surface area contributed by atoms with E-state index in [2.05, 4.69) is 21.2 Å². The first-order valence-corrected chi connectivity index (χ1v) is 11.3. The third kappa shape index (κ3) is 6.44. The van der Waals surface area contributed by atoms with Crippen LogP contribution in [-0.2, 0) is 11.4 Å². The van der Waals surface area contributed by atoms with Gasteiger partial charge in [0.25, 0.3) is 11.6 Å². The fourth-order valence-corrected chi connectivity index (χ4v) is 4.07. The SMILES string of the molecule is C[C@H](NC(=O)/C(C#N)=C\c1cc(Cl)c(OCc2ccc([N+](=O)[O-])cc2)c(Br)c1)c1ccccc1. The van der Waals surface area contributed by atoms with Crippen LogP contribution in [0.2, 0.25) is 5.02 Å². The van der Waals surface area contributed by atoms with E-state index in [1.807, 2.05) is 43.3 Å². The van der Waals surface area contributed by atoms with Gasteiger partial charge in [-0.25, -0.2) is 0 Å². The summed E-state index contributed by atoms with van der Waals surface area (Å²) >= 11 is 9.79. The zero-order valence-electron chi connectivity index (χ0n) is 18.0. The Morgan fingerprint density at radius 1 is 1.24 bits per heavy atom.